The van der Waals surface area contributed by atoms with Crippen LogP contribution in [0.1, 0.15) is 29.8 Å². The quantitative estimate of drug-likeness (QED) is 0.771. The Labute approximate surface area is 151 Å². The van der Waals surface area contributed by atoms with Crippen LogP contribution in [0.2, 0.25) is 0 Å². The Balaban J connectivity index is 0.00000100. The summed E-state index contributed by atoms with van der Waals surface area (Å²) >= 11 is 3.40. The molecule has 0 unspecified atom stereocenters. The molecule has 4 nitrogen and oxygen atoms in total. The van der Waals surface area contributed by atoms with Gasteiger partial charge in [0.15, 0.2) is 0 Å². The molecule has 2 aromatic carbocycles. The standard InChI is InChI=1S/C17H16BrNO3.C2H6/c1-21-14-5-2-12(3-6-14)11-19-8-9-22-16-10-13(18)4-7-15(16)17(19)20;1-2/h2-7,10H,8-9,11H2,1H3;1-2H3. The second-order valence-corrected chi connectivity index (χ2v) is 5.98. The molecule has 0 aliphatic carbocycles. The molecule has 0 radical (unpaired) electrons. The van der Waals surface area contributed by atoms with E-state index in [1.165, 1.54) is 0 Å². The molecule has 1 amide bonds. The minimum Gasteiger partial charge on any atom is -0.497 e. The van der Waals surface area contributed by atoms with Crippen molar-refractivity contribution in [3.8, 4) is 11.5 Å². The van der Waals surface area contributed by atoms with E-state index in [4.69, 9.17) is 9.47 Å². The number of hydrogen-bond donors (Lipinski definition) is 0. The van der Waals surface area contributed by atoms with Crippen molar-refractivity contribution in [1.82, 2.24) is 4.90 Å². The molecular weight excluding hydrogens is 370 g/mol. The van der Waals surface area contributed by atoms with Crippen LogP contribution >= 0.6 is 15.9 Å². The van der Waals surface area contributed by atoms with Gasteiger partial charge in [-0.05, 0) is 35.9 Å². The van der Waals surface area contributed by atoms with Crippen molar-refractivity contribution in [2.24, 2.45) is 0 Å². The van der Waals surface area contributed by atoms with Gasteiger partial charge in [-0.3, -0.25) is 4.79 Å². The molecule has 0 saturated carbocycles. The number of amides is 1. The van der Waals surface area contributed by atoms with Crippen LogP contribution in [-0.2, 0) is 6.54 Å². The van der Waals surface area contributed by atoms with Gasteiger partial charge in [-0.25, -0.2) is 0 Å². The summed E-state index contributed by atoms with van der Waals surface area (Å²) in [6.45, 7) is 5.62. The van der Waals surface area contributed by atoms with E-state index >= 15 is 0 Å². The molecule has 128 valence electrons. The molecule has 1 aliphatic rings. The molecule has 0 bridgehead atoms. The van der Waals surface area contributed by atoms with Gasteiger partial charge in [-0.2, -0.15) is 0 Å². The molecule has 0 N–H and O–H groups in total. The monoisotopic (exact) mass is 391 g/mol. The maximum absolute atomic E-state index is 12.7. The fourth-order valence-corrected chi connectivity index (χ4v) is 2.77. The highest BCUT2D eigenvalue weighted by Crippen LogP contribution is 2.27. The van der Waals surface area contributed by atoms with E-state index < -0.39 is 0 Å². The predicted octanol–water partition coefficient (Wildman–Crippen LogP) is 4.52. The Morgan fingerprint density at radius 1 is 1.17 bits per heavy atom. The Hall–Kier alpha value is -2.01. The Morgan fingerprint density at radius 2 is 1.88 bits per heavy atom. The summed E-state index contributed by atoms with van der Waals surface area (Å²) in [7, 11) is 1.64. The van der Waals surface area contributed by atoms with Crippen molar-refractivity contribution in [3.05, 3.63) is 58.1 Å². The van der Waals surface area contributed by atoms with Crippen LogP contribution in [0.5, 0.6) is 11.5 Å². The lowest BCUT2D eigenvalue weighted by molar-refractivity contribution is 0.0743. The molecule has 0 fully saturated rings. The third-order valence-electron chi connectivity index (χ3n) is 3.61. The fraction of sp³-hybridized carbons (Fsp3) is 0.316. The topological polar surface area (TPSA) is 38.8 Å². The fourth-order valence-electron chi connectivity index (χ4n) is 2.43. The first kappa shape index (κ1) is 18.3. The van der Waals surface area contributed by atoms with Gasteiger partial charge in [-0.15, -0.1) is 0 Å². The summed E-state index contributed by atoms with van der Waals surface area (Å²) in [5.41, 5.74) is 1.67. The van der Waals surface area contributed by atoms with Gasteiger partial charge in [0.05, 0.1) is 19.2 Å². The van der Waals surface area contributed by atoms with Crippen LogP contribution in [-0.4, -0.2) is 31.1 Å². The lowest BCUT2D eigenvalue weighted by atomic mass is 10.1. The van der Waals surface area contributed by atoms with Crippen molar-refractivity contribution in [3.63, 3.8) is 0 Å². The first-order chi connectivity index (χ1) is 11.7. The number of halogens is 1. The second kappa shape index (κ2) is 8.73. The molecular formula is C19H22BrNO3. The molecule has 0 spiro atoms. The number of benzene rings is 2. The largest absolute Gasteiger partial charge is 0.497 e. The molecule has 5 heteroatoms. The number of nitrogens with zero attached hydrogens (tertiary/aromatic N) is 1. The van der Waals surface area contributed by atoms with Crippen LogP contribution in [0.4, 0.5) is 0 Å². The van der Waals surface area contributed by atoms with Gasteiger partial charge in [-0.1, -0.05) is 41.9 Å². The maximum Gasteiger partial charge on any atom is 0.258 e. The zero-order chi connectivity index (χ0) is 17.5. The minimum absolute atomic E-state index is 0.00387. The van der Waals surface area contributed by atoms with Gasteiger partial charge in [0.1, 0.15) is 18.1 Å². The van der Waals surface area contributed by atoms with E-state index in [0.717, 1.165) is 15.8 Å². The smallest absolute Gasteiger partial charge is 0.258 e. The van der Waals surface area contributed by atoms with E-state index in [2.05, 4.69) is 15.9 Å². The van der Waals surface area contributed by atoms with Crippen LogP contribution in [0, 0.1) is 0 Å². The first-order valence-corrected chi connectivity index (χ1v) is 8.81. The third-order valence-corrected chi connectivity index (χ3v) is 4.11. The van der Waals surface area contributed by atoms with E-state index in [0.29, 0.717) is 31.0 Å². The van der Waals surface area contributed by atoms with Gasteiger partial charge >= 0.3 is 0 Å². The van der Waals surface area contributed by atoms with Crippen molar-refractivity contribution in [1.29, 1.82) is 0 Å². The van der Waals surface area contributed by atoms with Crippen LogP contribution in [0.25, 0.3) is 0 Å². The predicted molar refractivity (Wildman–Crippen MR) is 98.7 cm³/mol. The van der Waals surface area contributed by atoms with Gasteiger partial charge in [0.2, 0.25) is 0 Å². The van der Waals surface area contributed by atoms with E-state index in [1.54, 1.807) is 13.2 Å². The highest BCUT2D eigenvalue weighted by Gasteiger charge is 2.23. The second-order valence-electron chi connectivity index (χ2n) is 5.06. The summed E-state index contributed by atoms with van der Waals surface area (Å²) < 4.78 is 11.7. The molecule has 1 heterocycles. The van der Waals surface area contributed by atoms with Crippen molar-refractivity contribution < 1.29 is 14.3 Å². The molecule has 0 saturated heterocycles. The lowest BCUT2D eigenvalue weighted by Crippen LogP contribution is -2.31. The Bertz CT molecular complexity index is 686. The lowest BCUT2D eigenvalue weighted by Gasteiger charge is -2.20. The Kier molecular flexibility index (Phi) is 6.67. The average Bonchev–Trinajstić information content (AvgIpc) is 2.76. The molecule has 3 rings (SSSR count). The van der Waals surface area contributed by atoms with Gasteiger partial charge in [0.25, 0.3) is 5.91 Å². The van der Waals surface area contributed by atoms with E-state index in [1.807, 2.05) is 55.1 Å². The highest BCUT2D eigenvalue weighted by atomic mass is 79.9. The van der Waals surface area contributed by atoms with Crippen molar-refractivity contribution >= 4 is 21.8 Å². The number of ether oxygens (including phenoxy) is 2. The summed E-state index contributed by atoms with van der Waals surface area (Å²) in [6, 6.07) is 13.2. The number of rotatable bonds is 3. The third kappa shape index (κ3) is 4.29. The molecule has 0 aromatic heterocycles. The number of carbonyl (C=O) groups is 1. The molecule has 2 aromatic rings. The minimum atomic E-state index is -0.00387. The van der Waals surface area contributed by atoms with Crippen LogP contribution in [0.3, 0.4) is 0 Å². The highest BCUT2D eigenvalue weighted by molar-refractivity contribution is 9.10. The molecule has 0 atom stereocenters. The van der Waals surface area contributed by atoms with Crippen molar-refractivity contribution in [2.45, 2.75) is 20.4 Å². The van der Waals surface area contributed by atoms with Gasteiger partial charge < -0.3 is 14.4 Å². The summed E-state index contributed by atoms with van der Waals surface area (Å²) in [6.07, 6.45) is 0. The number of fused-ring (bicyclic) bond motifs is 1. The van der Waals surface area contributed by atoms with Gasteiger partial charge in [0, 0.05) is 11.0 Å². The van der Waals surface area contributed by atoms with Crippen LogP contribution < -0.4 is 9.47 Å². The summed E-state index contributed by atoms with van der Waals surface area (Å²) in [4.78, 5) is 14.5. The first-order valence-electron chi connectivity index (χ1n) is 8.02. The van der Waals surface area contributed by atoms with Crippen LogP contribution in [0.15, 0.2) is 46.9 Å². The zero-order valence-electron chi connectivity index (χ0n) is 14.2. The summed E-state index contributed by atoms with van der Waals surface area (Å²) in [5.74, 6) is 1.44. The zero-order valence-corrected chi connectivity index (χ0v) is 15.8. The number of carbonyl (C=O) groups excluding carboxylic acids is 1. The molecule has 24 heavy (non-hydrogen) atoms. The summed E-state index contributed by atoms with van der Waals surface area (Å²) in [5, 5.41) is 0. The number of hydrogen-bond acceptors (Lipinski definition) is 3. The van der Waals surface area contributed by atoms with E-state index in [-0.39, 0.29) is 5.91 Å². The average molecular weight is 392 g/mol. The normalized spacial score (nSPS) is 13.2. The number of methoxy groups -OCH3 is 1. The molecule has 1 aliphatic heterocycles. The SMILES string of the molecule is CC.COc1ccc(CN2CCOc3cc(Br)ccc3C2=O)cc1. The van der Waals surface area contributed by atoms with E-state index in [9.17, 15) is 4.79 Å². The Morgan fingerprint density at radius 3 is 2.54 bits per heavy atom. The van der Waals surface area contributed by atoms with Crippen molar-refractivity contribution in [2.75, 3.05) is 20.3 Å². The maximum atomic E-state index is 12.7.